The van der Waals surface area contributed by atoms with Gasteiger partial charge in [-0.2, -0.15) is 0 Å². The molecule has 0 amide bonds. The minimum atomic E-state index is -0.441. The molecule has 1 aromatic carbocycles. The van der Waals surface area contributed by atoms with Crippen LogP contribution >= 0.6 is 15.9 Å². The van der Waals surface area contributed by atoms with Crippen LogP contribution in [0.3, 0.4) is 0 Å². The number of hydrogen-bond acceptors (Lipinski definition) is 5. The van der Waals surface area contributed by atoms with E-state index in [4.69, 9.17) is 4.74 Å². The monoisotopic (exact) mass is 340 g/mol. The second-order valence-corrected chi connectivity index (χ2v) is 4.94. The number of benzene rings is 1. The number of non-ortho nitro benzene ring substituents is 1. The Morgan fingerprint density at radius 1 is 1.45 bits per heavy atom. The Balaban J connectivity index is 2.22. The molecule has 0 N–H and O–H groups in total. The average molecular weight is 341 g/mol. The summed E-state index contributed by atoms with van der Waals surface area (Å²) in [4.78, 5) is 10.4. The number of aromatic nitrogens is 3. The molecule has 106 valence electrons. The molecule has 2 rings (SSSR count). The molecule has 0 spiro atoms. The van der Waals surface area contributed by atoms with Gasteiger partial charge >= 0.3 is 0 Å². The molecule has 0 radical (unpaired) electrons. The van der Waals surface area contributed by atoms with Crippen molar-refractivity contribution in [2.45, 2.75) is 13.0 Å². The highest BCUT2D eigenvalue weighted by molar-refractivity contribution is 9.09. The molecule has 0 saturated carbocycles. The third kappa shape index (κ3) is 3.53. The van der Waals surface area contributed by atoms with Crippen molar-refractivity contribution in [1.82, 2.24) is 15.0 Å². The highest BCUT2D eigenvalue weighted by Gasteiger charge is 2.11. The lowest BCUT2D eigenvalue weighted by atomic mass is 10.2. The van der Waals surface area contributed by atoms with Crippen molar-refractivity contribution >= 4 is 21.6 Å². The van der Waals surface area contributed by atoms with Crippen molar-refractivity contribution in [2.75, 3.05) is 12.4 Å². The van der Waals surface area contributed by atoms with Crippen LogP contribution in [0.2, 0.25) is 0 Å². The lowest BCUT2D eigenvalue weighted by molar-refractivity contribution is -0.385. The molecule has 0 unspecified atom stereocenters. The van der Waals surface area contributed by atoms with Gasteiger partial charge in [0.1, 0.15) is 5.75 Å². The van der Waals surface area contributed by atoms with Crippen LogP contribution in [0.25, 0.3) is 0 Å². The number of methoxy groups -OCH3 is 1. The van der Waals surface area contributed by atoms with Crippen molar-refractivity contribution in [1.29, 1.82) is 0 Å². The van der Waals surface area contributed by atoms with Gasteiger partial charge in [0.25, 0.3) is 5.69 Å². The average Bonchev–Trinajstić information content (AvgIpc) is 2.86. The van der Waals surface area contributed by atoms with E-state index in [0.29, 0.717) is 12.3 Å². The number of rotatable bonds is 6. The van der Waals surface area contributed by atoms with Gasteiger partial charge in [-0.25, -0.2) is 4.68 Å². The summed E-state index contributed by atoms with van der Waals surface area (Å²) in [6, 6.07) is 4.65. The van der Waals surface area contributed by atoms with Gasteiger partial charge in [-0.3, -0.25) is 10.1 Å². The summed E-state index contributed by atoms with van der Waals surface area (Å²) in [5, 5.41) is 19.7. The van der Waals surface area contributed by atoms with Crippen molar-refractivity contribution < 1.29 is 9.66 Å². The number of nitro groups is 1. The molecule has 0 aliphatic rings. The van der Waals surface area contributed by atoms with Crippen LogP contribution < -0.4 is 4.74 Å². The van der Waals surface area contributed by atoms with Gasteiger partial charge in [-0.15, -0.1) is 5.10 Å². The van der Waals surface area contributed by atoms with E-state index in [-0.39, 0.29) is 5.69 Å². The van der Waals surface area contributed by atoms with E-state index >= 15 is 0 Å². The summed E-state index contributed by atoms with van der Waals surface area (Å²) in [6.07, 6.45) is 2.62. The molecule has 1 aromatic heterocycles. The standard InChI is InChI=1S/C12H13BrN4O3/c1-20-12-5-9(4-11(6-12)17(18)19)7-16-8-10(2-3-13)14-15-16/h4-6,8H,2-3,7H2,1H3. The molecule has 2 aromatic rings. The molecule has 0 bridgehead atoms. The smallest absolute Gasteiger partial charge is 0.273 e. The van der Waals surface area contributed by atoms with Crippen LogP contribution in [0, 0.1) is 10.1 Å². The maximum absolute atomic E-state index is 10.9. The minimum Gasteiger partial charge on any atom is -0.496 e. The van der Waals surface area contributed by atoms with Crippen LogP contribution in [0.4, 0.5) is 5.69 Å². The molecule has 8 heteroatoms. The van der Waals surface area contributed by atoms with E-state index in [1.54, 1.807) is 10.7 Å². The summed E-state index contributed by atoms with van der Waals surface area (Å²) in [5.74, 6) is 0.454. The van der Waals surface area contributed by atoms with Crippen LogP contribution in [0.1, 0.15) is 11.3 Å². The van der Waals surface area contributed by atoms with Crippen LogP contribution in [-0.4, -0.2) is 32.4 Å². The number of nitro benzene ring substituents is 1. The Morgan fingerprint density at radius 3 is 2.90 bits per heavy atom. The van der Waals surface area contributed by atoms with Gasteiger partial charge in [-0.1, -0.05) is 21.1 Å². The molecule has 0 aliphatic carbocycles. The van der Waals surface area contributed by atoms with Crippen molar-refractivity contribution in [3.8, 4) is 5.75 Å². The van der Waals surface area contributed by atoms with Gasteiger partial charge in [-0.05, 0) is 11.6 Å². The van der Waals surface area contributed by atoms with Crippen LogP contribution in [-0.2, 0) is 13.0 Å². The van der Waals surface area contributed by atoms with Gasteiger partial charge in [0.05, 0.1) is 30.3 Å². The Labute approximate surface area is 123 Å². The Morgan fingerprint density at radius 2 is 2.25 bits per heavy atom. The number of alkyl halides is 1. The Kier molecular flexibility index (Phi) is 4.67. The molecule has 7 nitrogen and oxygen atoms in total. The summed E-state index contributed by atoms with van der Waals surface area (Å²) < 4.78 is 6.72. The molecule has 0 fully saturated rings. The zero-order chi connectivity index (χ0) is 14.5. The largest absolute Gasteiger partial charge is 0.496 e. The molecule has 0 saturated heterocycles. The highest BCUT2D eigenvalue weighted by atomic mass is 79.9. The first-order chi connectivity index (χ1) is 9.62. The number of ether oxygens (including phenoxy) is 1. The summed E-state index contributed by atoms with van der Waals surface area (Å²) in [6.45, 7) is 0.410. The maximum atomic E-state index is 10.9. The Bertz CT molecular complexity index is 614. The second-order valence-electron chi connectivity index (χ2n) is 4.14. The van der Waals surface area contributed by atoms with Crippen LogP contribution in [0.5, 0.6) is 5.75 Å². The first kappa shape index (κ1) is 14.4. The third-order valence-electron chi connectivity index (χ3n) is 2.68. The van der Waals surface area contributed by atoms with Gasteiger partial charge in [0, 0.05) is 24.0 Å². The number of hydrogen-bond donors (Lipinski definition) is 0. The minimum absolute atomic E-state index is 0.000136. The van der Waals surface area contributed by atoms with E-state index in [2.05, 4.69) is 26.2 Å². The van der Waals surface area contributed by atoms with E-state index in [9.17, 15) is 10.1 Å². The second kappa shape index (κ2) is 6.47. The summed E-state index contributed by atoms with van der Waals surface area (Å²) in [5.41, 5.74) is 1.62. The lowest BCUT2D eigenvalue weighted by Crippen LogP contribution is -2.02. The van der Waals surface area contributed by atoms with Gasteiger partial charge in [0.15, 0.2) is 0 Å². The molecule has 20 heavy (non-hydrogen) atoms. The Hall–Kier alpha value is -1.96. The van der Waals surface area contributed by atoms with E-state index in [0.717, 1.165) is 23.0 Å². The predicted molar refractivity (Wildman–Crippen MR) is 76.3 cm³/mol. The summed E-state index contributed by atoms with van der Waals surface area (Å²) in [7, 11) is 1.48. The molecule has 0 aliphatic heterocycles. The predicted octanol–water partition coefficient (Wildman–Crippen LogP) is 2.18. The molecule has 0 atom stereocenters. The third-order valence-corrected chi connectivity index (χ3v) is 3.08. The number of aryl methyl sites for hydroxylation is 1. The van der Waals surface area contributed by atoms with Crippen molar-refractivity contribution in [3.63, 3.8) is 0 Å². The summed E-state index contributed by atoms with van der Waals surface area (Å²) >= 11 is 3.34. The van der Waals surface area contributed by atoms with Gasteiger partial charge in [0.2, 0.25) is 0 Å². The topological polar surface area (TPSA) is 83.1 Å². The van der Waals surface area contributed by atoms with Crippen molar-refractivity contribution in [2.24, 2.45) is 0 Å². The normalized spacial score (nSPS) is 10.5. The molecular formula is C12H13BrN4O3. The first-order valence-corrected chi connectivity index (χ1v) is 7.02. The first-order valence-electron chi connectivity index (χ1n) is 5.89. The van der Waals surface area contributed by atoms with E-state index < -0.39 is 4.92 Å². The zero-order valence-corrected chi connectivity index (χ0v) is 12.4. The maximum Gasteiger partial charge on any atom is 0.273 e. The SMILES string of the molecule is COc1cc(Cn2cc(CCBr)nn2)cc([N+](=O)[O-])c1. The highest BCUT2D eigenvalue weighted by Crippen LogP contribution is 2.23. The fourth-order valence-electron chi connectivity index (χ4n) is 1.77. The fraction of sp³-hybridized carbons (Fsp3) is 0.333. The number of halogens is 1. The fourth-order valence-corrected chi connectivity index (χ4v) is 2.18. The van der Waals surface area contributed by atoms with Gasteiger partial charge < -0.3 is 4.74 Å². The van der Waals surface area contributed by atoms with Crippen molar-refractivity contribution in [3.05, 3.63) is 45.8 Å². The number of nitrogens with zero attached hydrogens (tertiary/aromatic N) is 4. The lowest BCUT2D eigenvalue weighted by Gasteiger charge is -2.05. The molecular weight excluding hydrogens is 328 g/mol. The zero-order valence-electron chi connectivity index (χ0n) is 10.8. The van der Waals surface area contributed by atoms with Crippen LogP contribution in [0.15, 0.2) is 24.4 Å². The molecule has 1 heterocycles. The van der Waals surface area contributed by atoms with E-state index in [1.165, 1.54) is 19.2 Å². The van der Waals surface area contributed by atoms with E-state index in [1.807, 2.05) is 6.20 Å². The quantitative estimate of drug-likeness (QED) is 0.457.